The van der Waals surface area contributed by atoms with Crippen molar-refractivity contribution in [3.63, 3.8) is 0 Å². The summed E-state index contributed by atoms with van der Waals surface area (Å²) in [5, 5.41) is 0. The summed E-state index contributed by atoms with van der Waals surface area (Å²) in [5.74, 6) is 0. The van der Waals surface area contributed by atoms with Gasteiger partial charge in [0, 0.05) is 42.4 Å². The SMILES string of the molecule is Nc1ccc(CN2CCN3CCCC3C2)c(Br)c1. The molecule has 1 atom stereocenters. The van der Waals surface area contributed by atoms with Gasteiger partial charge in [0.25, 0.3) is 0 Å². The van der Waals surface area contributed by atoms with Gasteiger partial charge in [0.1, 0.15) is 0 Å². The van der Waals surface area contributed by atoms with Crippen LogP contribution < -0.4 is 5.73 Å². The molecule has 0 spiro atoms. The molecule has 2 N–H and O–H groups in total. The van der Waals surface area contributed by atoms with Crippen molar-refractivity contribution in [2.75, 3.05) is 31.9 Å². The number of nitrogen functional groups attached to an aromatic ring is 1. The van der Waals surface area contributed by atoms with Gasteiger partial charge >= 0.3 is 0 Å². The largest absolute Gasteiger partial charge is 0.399 e. The predicted molar refractivity (Wildman–Crippen MR) is 78.4 cm³/mol. The van der Waals surface area contributed by atoms with Crippen molar-refractivity contribution in [2.45, 2.75) is 25.4 Å². The van der Waals surface area contributed by atoms with Gasteiger partial charge in [-0.05, 0) is 37.1 Å². The Kier molecular flexibility index (Phi) is 3.59. The predicted octanol–water partition coefficient (Wildman–Crippen LogP) is 2.31. The average molecular weight is 310 g/mol. The van der Waals surface area contributed by atoms with Crippen molar-refractivity contribution in [3.05, 3.63) is 28.2 Å². The molecule has 18 heavy (non-hydrogen) atoms. The second-order valence-corrected chi connectivity index (χ2v) is 6.27. The molecule has 2 aliphatic rings. The van der Waals surface area contributed by atoms with Crippen LogP contribution >= 0.6 is 15.9 Å². The minimum absolute atomic E-state index is 0.798. The fraction of sp³-hybridized carbons (Fsp3) is 0.571. The monoisotopic (exact) mass is 309 g/mol. The lowest BCUT2D eigenvalue weighted by Crippen LogP contribution is -2.49. The van der Waals surface area contributed by atoms with E-state index in [1.165, 1.54) is 44.6 Å². The van der Waals surface area contributed by atoms with E-state index in [-0.39, 0.29) is 0 Å². The Morgan fingerprint density at radius 3 is 3.00 bits per heavy atom. The van der Waals surface area contributed by atoms with Gasteiger partial charge in [-0.3, -0.25) is 9.80 Å². The van der Waals surface area contributed by atoms with Crippen LogP contribution in [0, 0.1) is 0 Å². The van der Waals surface area contributed by atoms with Crippen molar-refractivity contribution >= 4 is 21.6 Å². The summed E-state index contributed by atoms with van der Waals surface area (Å²) in [4.78, 5) is 5.22. The standard InChI is InChI=1S/C14H20BrN3/c15-14-8-12(16)4-3-11(14)9-17-6-7-18-5-1-2-13(18)10-17/h3-4,8,13H,1-2,5-7,9-10,16H2. The lowest BCUT2D eigenvalue weighted by Gasteiger charge is -2.37. The minimum Gasteiger partial charge on any atom is -0.399 e. The molecule has 2 heterocycles. The number of rotatable bonds is 2. The summed E-state index contributed by atoms with van der Waals surface area (Å²) in [6, 6.07) is 6.93. The van der Waals surface area contributed by atoms with E-state index in [2.05, 4.69) is 31.8 Å². The first kappa shape index (κ1) is 12.5. The van der Waals surface area contributed by atoms with Crippen LogP contribution in [0.4, 0.5) is 5.69 Å². The fourth-order valence-electron chi connectivity index (χ4n) is 3.13. The van der Waals surface area contributed by atoms with Crippen molar-refractivity contribution < 1.29 is 0 Å². The lowest BCUT2D eigenvalue weighted by atomic mass is 10.1. The molecule has 2 fully saturated rings. The average Bonchev–Trinajstić information content (AvgIpc) is 2.80. The van der Waals surface area contributed by atoms with Crippen LogP contribution in [0.15, 0.2) is 22.7 Å². The van der Waals surface area contributed by atoms with E-state index in [0.29, 0.717) is 0 Å². The van der Waals surface area contributed by atoms with Crippen molar-refractivity contribution in [1.82, 2.24) is 9.80 Å². The van der Waals surface area contributed by atoms with E-state index in [1.807, 2.05) is 12.1 Å². The highest BCUT2D eigenvalue weighted by atomic mass is 79.9. The Labute approximate surface area is 117 Å². The number of hydrogen-bond acceptors (Lipinski definition) is 3. The Balaban J connectivity index is 1.66. The van der Waals surface area contributed by atoms with Crippen LogP contribution in [0.1, 0.15) is 18.4 Å². The molecule has 1 unspecified atom stereocenters. The Bertz CT molecular complexity index is 435. The molecular formula is C14H20BrN3. The first-order valence-electron chi connectivity index (χ1n) is 6.73. The number of anilines is 1. The van der Waals surface area contributed by atoms with E-state index in [4.69, 9.17) is 5.73 Å². The first-order chi connectivity index (χ1) is 8.72. The molecule has 0 aliphatic carbocycles. The molecule has 98 valence electrons. The van der Waals surface area contributed by atoms with Gasteiger partial charge in [0.05, 0.1) is 0 Å². The molecule has 3 rings (SSSR count). The number of hydrogen-bond donors (Lipinski definition) is 1. The zero-order valence-electron chi connectivity index (χ0n) is 10.6. The summed E-state index contributed by atoms with van der Waals surface area (Å²) >= 11 is 3.61. The molecule has 1 aromatic rings. The normalized spacial score (nSPS) is 25.3. The summed E-state index contributed by atoms with van der Waals surface area (Å²) in [6.45, 7) is 5.98. The van der Waals surface area contributed by atoms with Crippen LogP contribution in [-0.4, -0.2) is 42.0 Å². The minimum atomic E-state index is 0.798. The number of piperazine rings is 1. The molecule has 0 saturated carbocycles. The van der Waals surface area contributed by atoms with Gasteiger partial charge in [0.2, 0.25) is 0 Å². The van der Waals surface area contributed by atoms with Gasteiger partial charge < -0.3 is 5.73 Å². The number of fused-ring (bicyclic) bond motifs is 1. The summed E-state index contributed by atoms with van der Waals surface area (Å²) < 4.78 is 1.14. The summed E-state index contributed by atoms with van der Waals surface area (Å²) in [5.41, 5.74) is 7.95. The quantitative estimate of drug-likeness (QED) is 0.851. The molecule has 0 aromatic heterocycles. The molecule has 3 nitrogen and oxygen atoms in total. The van der Waals surface area contributed by atoms with Gasteiger partial charge in [-0.15, -0.1) is 0 Å². The fourth-order valence-corrected chi connectivity index (χ4v) is 3.65. The highest BCUT2D eigenvalue weighted by Crippen LogP contribution is 2.25. The van der Waals surface area contributed by atoms with Crippen LogP contribution in [0.3, 0.4) is 0 Å². The third kappa shape index (κ3) is 2.56. The molecule has 2 aliphatic heterocycles. The third-order valence-corrected chi connectivity index (χ3v) is 4.88. The molecule has 0 radical (unpaired) electrons. The number of halogens is 1. The van der Waals surface area contributed by atoms with E-state index in [0.717, 1.165) is 22.7 Å². The van der Waals surface area contributed by atoms with E-state index >= 15 is 0 Å². The van der Waals surface area contributed by atoms with E-state index in [9.17, 15) is 0 Å². The van der Waals surface area contributed by atoms with Gasteiger partial charge in [-0.2, -0.15) is 0 Å². The van der Waals surface area contributed by atoms with Gasteiger partial charge in [-0.1, -0.05) is 22.0 Å². The van der Waals surface area contributed by atoms with Gasteiger partial charge in [-0.25, -0.2) is 0 Å². The van der Waals surface area contributed by atoms with Crippen molar-refractivity contribution in [1.29, 1.82) is 0 Å². The van der Waals surface area contributed by atoms with Crippen molar-refractivity contribution in [3.8, 4) is 0 Å². The van der Waals surface area contributed by atoms with E-state index in [1.54, 1.807) is 0 Å². The molecule has 2 saturated heterocycles. The third-order valence-electron chi connectivity index (χ3n) is 4.14. The van der Waals surface area contributed by atoms with Crippen LogP contribution in [0.25, 0.3) is 0 Å². The molecular weight excluding hydrogens is 290 g/mol. The second kappa shape index (κ2) is 5.19. The van der Waals surface area contributed by atoms with Crippen molar-refractivity contribution in [2.24, 2.45) is 0 Å². The van der Waals surface area contributed by atoms with Crippen LogP contribution in [-0.2, 0) is 6.54 Å². The molecule has 1 aromatic carbocycles. The lowest BCUT2D eigenvalue weighted by molar-refractivity contribution is 0.0992. The molecule has 4 heteroatoms. The maximum absolute atomic E-state index is 5.78. The maximum Gasteiger partial charge on any atom is 0.0325 e. The number of benzene rings is 1. The summed E-state index contributed by atoms with van der Waals surface area (Å²) in [7, 11) is 0. The highest BCUT2D eigenvalue weighted by molar-refractivity contribution is 9.10. The zero-order valence-corrected chi connectivity index (χ0v) is 12.2. The molecule has 0 bridgehead atoms. The number of nitrogens with zero attached hydrogens (tertiary/aromatic N) is 2. The number of nitrogens with two attached hydrogens (primary N) is 1. The Hall–Kier alpha value is -0.580. The molecule has 0 amide bonds. The highest BCUT2D eigenvalue weighted by Gasteiger charge is 2.30. The maximum atomic E-state index is 5.78. The first-order valence-corrected chi connectivity index (χ1v) is 7.52. The van der Waals surface area contributed by atoms with Crippen LogP contribution in [0.2, 0.25) is 0 Å². The Morgan fingerprint density at radius 2 is 2.17 bits per heavy atom. The topological polar surface area (TPSA) is 32.5 Å². The zero-order chi connectivity index (χ0) is 12.5. The second-order valence-electron chi connectivity index (χ2n) is 5.42. The van der Waals surface area contributed by atoms with E-state index < -0.39 is 0 Å². The Morgan fingerprint density at radius 1 is 1.28 bits per heavy atom. The smallest absolute Gasteiger partial charge is 0.0325 e. The summed E-state index contributed by atoms with van der Waals surface area (Å²) in [6.07, 6.45) is 2.75. The van der Waals surface area contributed by atoms with Gasteiger partial charge in [0.15, 0.2) is 0 Å². The van der Waals surface area contributed by atoms with Crippen LogP contribution in [0.5, 0.6) is 0 Å².